The van der Waals surface area contributed by atoms with Crippen molar-refractivity contribution in [1.29, 1.82) is 0 Å². The lowest BCUT2D eigenvalue weighted by atomic mass is 10.1. The second-order valence-corrected chi connectivity index (χ2v) is 7.49. The number of aromatic nitrogens is 2. The fourth-order valence-electron chi connectivity index (χ4n) is 3.09. The molecule has 0 saturated carbocycles. The maximum Gasteiger partial charge on any atom is 0.270 e. The lowest BCUT2D eigenvalue weighted by molar-refractivity contribution is -0.384. The number of aryl methyl sites for hydroxylation is 1. The number of nitro groups is 1. The summed E-state index contributed by atoms with van der Waals surface area (Å²) in [6, 6.07) is 5.88. The molecule has 1 amide bonds. The third kappa shape index (κ3) is 4.22. The molecule has 148 valence electrons. The summed E-state index contributed by atoms with van der Waals surface area (Å²) in [6.07, 6.45) is 0. The third-order valence-electron chi connectivity index (χ3n) is 4.66. The number of rotatable bonds is 4. The molecule has 0 radical (unpaired) electrons. The molecule has 0 atom stereocenters. The Bertz CT molecular complexity index is 910. The third-order valence-corrected chi connectivity index (χ3v) is 4.97. The molecule has 1 aliphatic heterocycles. The summed E-state index contributed by atoms with van der Waals surface area (Å²) >= 11 is 6.10. The second-order valence-electron chi connectivity index (χ2n) is 7.08. The van der Waals surface area contributed by atoms with Gasteiger partial charge < -0.3 is 9.80 Å². The van der Waals surface area contributed by atoms with E-state index in [0.717, 1.165) is 17.3 Å². The van der Waals surface area contributed by atoms with E-state index in [4.69, 9.17) is 11.6 Å². The first-order valence-electron chi connectivity index (χ1n) is 9.10. The van der Waals surface area contributed by atoms with E-state index in [-0.39, 0.29) is 28.1 Å². The Morgan fingerprint density at radius 1 is 1.18 bits per heavy atom. The first kappa shape index (κ1) is 20.0. The summed E-state index contributed by atoms with van der Waals surface area (Å²) in [5, 5.41) is 10.9. The second kappa shape index (κ2) is 8.10. The molecule has 1 saturated heterocycles. The van der Waals surface area contributed by atoms with Gasteiger partial charge in [-0.15, -0.1) is 0 Å². The monoisotopic (exact) mass is 403 g/mol. The van der Waals surface area contributed by atoms with Crippen molar-refractivity contribution in [3.63, 3.8) is 0 Å². The Kier molecular flexibility index (Phi) is 5.79. The molecule has 28 heavy (non-hydrogen) atoms. The van der Waals surface area contributed by atoms with Crippen molar-refractivity contribution in [3.05, 3.63) is 56.5 Å². The smallest absolute Gasteiger partial charge is 0.270 e. The Morgan fingerprint density at radius 3 is 2.43 bits per heavy atom. The summed E-state index contributed by atoms with van der Waals surface area (Å²) in [5.41, 5.74) is 1.07. The number of hydrogen-bond acceptors (Lipinski definition) is 6. The van der Waals surface area contributed by atoms with Gasteiger partial charge in [0.15, 0.2) is 0 Å². The van der Waals surface area contributed by atoms with E-state index in [1.54, 1.807) is 4.90 Å². The minimum Gasteiger partial charge on any atom is -0.353 e. The Hall–Kier alpha value is -2.74. The zero-order chi connectivity index (χ0) is 20.4. The molecule has 9 heteroatoms. The number of hydrogen-bond donors (Lipinski definition) is 0. The quantitative estimate of drug-likeness (QED) is 0.573. The van der Waals surface area contributed by atoms with Gasteiger partial charge in [0, 0.05) is 56.0 Å². The number of amides is 1. The standard InChI is InChI=1S/C19H22ClN5O3/c1-12(2)18-21-13(3)10-17(22-18)23-6-8-24(9-7-23)19(26)15-5-4-14(25(27)28)11-16(15)20/h4-5,10-12H,6-9H2,1-3H3. The number of benzene rings is 1. The number of nitrogens with zero attached hydrogens (tertiary/aromatic N) is 5. The average molecular weight is 404 g/mol. The Morgan fingerprint density at radius 2 is 1.86 bits per heavy atom. The maximum atomic E-state index is 12.8. The number of carbonyl (C=O) groups excluding carboxylic acids is 1. The van der Waals surface area contributed by atoms with E-state index in [2.05, 4.69) is 28.7 Å². The van der Waals surface area contributed by atoms with Gasteiger partial charge in [-0.25, -0.2) is 9.97 Å². The molecule has 1 fully saturated rings. The van der Waals surface area contributed by atoms with Crippen LogP contribution in [0.5, 0.6) is 0 Å². The number of piperazine rings is 1. The number of carbonyl (C=O) groups is 1. The van der Waals surface area contributed by atoms with Crippen molar-refractivity contribution < 1.29 is 9.72 Å². The van der Waals surface area contributed by atoms with Crippen LogP contribution in [0.2, 0.25) is 5.02 Å². The highest BCUT2D eigenvalue weighted by atomic mass is 35.5. The first-order valence-corrected chi connectivity index (χ1v) is 9.48. The molecule has 0 unspecified atom stereocenters. The molecule has 1 aromatic heterocycles. The van der Waals surface area contributed by atoms with Gasteiger partial charge in [0.05, 0.1) is 15.5 Å². The zero-order valence-electron chi connectivity index (χ0n) is 16.1. The van der Waals surface area contributed by atoms with Gasteiger partial charge in [0.1, 0.15) is 11.6 Å². The van der Waals surface area contributed by atoms with E-state index < -0.39 is 4.92 Å². The molecular weight excluding hydrogens is 382 g/mol. The summed E-state index contributed by atoms with van der Waals surface area (Å²) in [7, 11) is 0. The van der Waals surface area contributed by atoms with Crippen molar-refractivity contribution in [2.24, 2.45) is 0 Å². The number of halogens is 1. The van der Waals surface area contributed by atoms with Crippen LogP contribution in [0.25, 0.3) is 0 Å². The molecule has 2 aromatic rings. The maximum absolute atomic E-state index is 12.8. The molecule has 8 nitrogen and oxygen atoms in total. The van der Waals surface area contributed by atoms with Crippen molar-refractivity contribution in [2.75, 3.05) is 31.1 Å². The van der Waals surface area contributed by atoms with Crippen molar-refractivity contribution in [2.45, 2.75) is 26.7 Å². The lowest BCUT2D eigenvalue weighted by Crippen LogP contribution is -2.49. The van der Waals surface area contributed by atoms with Gasteiger partial charge in [-0.05, 0) is 13.0 Å². The summed E-state index contributed by atoms with van der Waals surface area (Å²) in [5.74, 6) is 1.70. The van der Waals surface area contributed by atoms with Crippen LogP contribution < -0.4 is 4.90 Å². The van der Waals surface area contributed by atoms with E-state index >= 15 is 0 Å². The van der Waals surface area contributed by atoms with Crippen LogP contribution >= 0.6 is 11.6 Å². The topological polar surface area (TPSA) is 92.5 Å². The molecule has 0 bridgehead atoms. The summed E-state index contributed by atoms with van der Waals surface area (Å²) in [4.78, 5) is 36.0. The largest absolute Gasteiger partial charge is 0.353 e. The lowest BCUT2D eigenvalue weighted by Gasteiger charge is -2.35. The molecular formula is C19H22ClN5O3. The van der Waals surface area contributed by atoms with Crippen LogP contribution in [0.4, 0.5) is 11.5 Å². The van der Waals surface area contributed by atoms with Crippen molar-refractivity contribution in [1.82, 2.24) is 14.9 Å². The number of anilines is 1. The average Bonchev–Trinajstić information content (AvgIpc) is 2.67. The van der Waals surface area contributed by atoms with Gasteiger partial charge in [-0.3, -0.25) is 14.9 Å². The van der Waals surface area contributed by atoms with Gasteiger partial charge >= 0.3 is 0 Å². The molecule has 1 aromatic carbocycles. The van der Waals surface area contributed by atoms with Crippen LogP contribution in [0, 0.1) is 17.0 Å². The van der Waals surface area contributed by atoms with Crippen LogP contribution in [0.1, 0.15) is 41.6 Å². The van der Waals surface area contributed by atoms with Crippen LogP contribution in [0.15, 0.2) is 24.3 Å². The molecule has 0 N–H and O–H groups in total. The Labute approximate surface area is 168 Å². The molecule has 3 rings (SSSR count). The molecule has 0 spiro atoms. The fraction of sp³-hybridized carbons (Fsp3) is 0.421. The summed E-state index contributed by atoms with van der Waals surface area (Å²) in [6.45, 7) is 8.40. The van der Waals surface area contributed by atoms with E-state index in [1.165, 1.54) is 18.2 Å². The van der Waals surface area contributed by atoms with Crippen molar-refractivity contribution >= 4 is 29.0 Å². The predicted octanol–water partition coefficient (Wildman–Crippen LogP) is 3.43. The SMILES string of the molecule is Cc1cc(N2CCN(C(=O)c3ccc([N+](=O)[O-])cc3Cl)CC2)nc(C(C)C)n1. The normalized spacial score (nSPS) is 14.5. The highest BCUT2D eigenvalue weighted by Crippen LogP contribution is 2.25. The van der Waals surface area contributed by atoms with Gasteiger partial charge in [0.2, 0.25) is 0 Å². The minimum atomic E-state index is -0.534. The van der Waals surface area contributed by atoms with Gasteiger partial charge in [-0.1, -0.05) is 25.4 Å². The fourth-order valence-corrected chi connectivity index (χ4v) is 3.35. The number of nitro benzene ring substituents is 1. The predicted molar refractivity (Wildman–Crippen MR) is 107 cm³/mol. The Balaban J connectivity index is 1.70. The van der Waals surface area contributed by atoms with Gasteiger partial charge in [0.25, 0.3) is 11.6 Å². The van der Waals surface area contributed by atoms with Crippen molar-refractivity contribution in [3.8, 4) is 0 Å². The molecule has 1 aliphatic rings. The van der Waals surface area contributed by atoms with Gasteiger partial charge in [-0.2, -0.15) is 0 Å². The number of non-ortho nitro benzene ring substituents is 1. The highest BCUT2D eigenvalue weighted by Gasteiger charge is 2.25. The zero-order valence-corrected chi connectivity index (χ0v) is 16.8. The van der Waals surface area contributed by atoms with E-state index in [1.807, 2.05) is 13.0 Å². The van der Waals surface area contributed by atoms with Crippen LogP contribution in [-0.4, -0.2) is 51.9 Å². The minimum absolute atomic E-state index is 0.0923. The highest BCUT2D eigenvalue weighted by molar-refractivity contribution is 6.34. The summed E-state index contributed by atoms with van der Waals surface area (Å²) < 4.78 is 0. The molecule has 0 aliphatic carbocycles. The van der Waals surface area contributed by atoms with Crippen LogP contribution in [-0.2, 0) is 0 Å². The first-order chi connectivity index (χ1) is 13.3. The van der Waals surface area contributed by atoms with E-state index in [9.17, 15) is 14.9 Å². The molecule has 2 heterocycles. The van der Waals surface area contributed by atoms with E-state index in [0.29, 0.717) is 26.2 Å². The van der Waals surface area contributed by atoms with Crippen LogP contribution in [0.3, 0.4) is 0 Å².